The van der Waals surface area contributed by atoms with Gasteiger partial charge in [-0.15, -0.1) is 0 Å². The zero-order valence-corrected chi connectivity index (χ0v) is 6.59. The van der Waals surface area contributed by atoms with Crippen LogP contribution in [0.25, 0.3) is 10.9 Å². The second-order valence-corrected chi connectivity index (χ2v) is 2.66. The van der Waals surface area contributed by atoms with Gasteiger partial charge in [0.25, 0.3) is 0 Å². The van der Waals surface area contributed by atoms with Crippen LogP contribution in [0, 0.1) is 11.6 Å². The molecule has 0 aliphatic heterocycles. The molecule has 1 aromatic heterocycles. The first-order valence-electron chi connectivity index (χ1n) is 3.68. The minimum Gasteiger partial charge on any atom is -0.396 e. The summed E-state index contributed by atoms with van der Waals surface area (Å²) in [5, 5.41) is 0.147. The van der Waals surface area contributed by atoms with E-state index in [4.69, 9.17) is 5.73 Å². The number of benzene rings is 1. The van der Waals surface area contributed by atoms with Gasteiger partial charge < -0.3 is 5.73 Å². The second kappa shape index (κ2) is 2.65. The highest BCUT2D eigenvalue weighted by Crippen LogP contribution is 2.23. The Morgan fingerprint density at radius 3 is 2.85 bits per heavy atom. The standard InChI is InChI=1S/C9H6F2N2/c10-6-4-7(12)8(11)9-5(6)2-1-3-13-9/h1-4H,12H2. The highest BCUT2D eigenvalue weighted by Gasteiger charge is 2.09. The Morgan fingerprint density at radius 2 is 2.08 bits per heavy atom. The molecule has 0 saturated heterocycles. The summed E-state index contributed by atoms with van der Waals surface area (Å²) in [7, 11) is 0. The molecule has 2 N–H and O–H groups in total. The lowest BCUT2D eigenvalue weighted by molar-refractivity contribution is 0.619. The van der Waals surface area contributed by atoms with E-state index in [1.807, 2.05) is 0 Å². The first-order chi connectivity index (χ1) is 6.20. The van der Waals surface area contributed by atoms with Gasteiger partial charge in [0.15, 0.2) is 5.82 Å². The summed E-state index contributed by atoms with van der Waals surface area (Å²) in [5.41, 5.74) is 4.99. The van der Waals surface area contributed by atoms with Crippen LogP contribution >= 0.6 is 0 Å². The van der Waals surface area contributed by atoms with Crippen molar-refractivity contribution in [2.75, 3.05) is 5.73 Å². The third-order valence-electron chi connectivity index (χ3n) is 1.81. The fourth-order valence-electron chi connectivity index (χ4n) is 1.19. The number of hydrogen-bond acceptors (Lipinski definition) is 2. The summed E-state index contributed by atoms with van der Waals surface area (Å²) in [4.78, 5) is 3.71. The van der Waals surface area contributed by atoms with E-state index < -0.39 is 11.6 Å². The van der Waals surface area contributed by atoms with E-state index in [2.05, 4.69) is 4.98 Å². The molecule has 13 heavy (non-hydrogen) atoms. The maximum Gasteiger partial charge on any atom is 0.172 e. The maximum absolute atomic E-state index is 13.2. The average Bonchev–Trinajstić information content (AvgIpc) is 2.15. The van der Waals surface area contributed by atoms with Crippen LogP contribution in [0.1, 0.15) is 0 Å². The number of nitrogens with two attached hydrogens (primary N) is 1. The summed E-state index contributed by atoms with van der Waals surface area (Å²) in [6.07, 6.45) is 1.39. The monoisotopic (exact) mass is 180 g/mol. The zero-order chi connectivity index (χ0) is 9.42. The maximum atomic E-state index is 13.2. The number of anilines is 1. The predicted molar refractivity (Wildman–Crippen MR) is 46.1 cm³/mol. The van der Waals surface area contributed by atoms with Crippen molar-refractivity contribution < 1.29 is 8.78 Å². The van der Waals surface area contributed by atoms with Crippen molar-refractivity contribution in [2.45, 2.75) is 0 Å². The molecule has 0 amide bonds. The molecule has 1 heterocycles. The van der Waals surface area contributed by atoms with Gasteiger partial charge in [-0.1, -0.05) is 0 Å². The van der Waals surface area contributed by atoms with Crippen molar-refractivity contribution in [1.29, 1.82) is 0 Å². The van der Waals surface area contributed by atoms with Gasteiger partial charge in [0.1, 0.15) is 11.3 Å². The number of rotatable bonds is 0. The van der Waals surface area contributed by atoms with E-state index in [0.717, 1.165) is 6.07 Å². The first kappa shape index (κ1) is 7.91. The van der Waals surface area contributed by atoms with E-state index in [9.17, 15) is 8.78 Å². The lowest BCUT2D eigenvalue weighted by Gasteiger charge is -2.02. The van der Waals surface area contributed by atoms with Crippen LogP contribution in [-0.4, -0.2) is 4.98 Å². The van der Waals surface area contributed by atoms with Crippen molar-refractivity contribution in [3.05, 3.63) is 36.0 Å². The molecule has 0 unspecified atom stereocenters. The lowest BCUT2D eigenvalue weighted by atomic mass is 10.2. The highest BCUT2D eigenvalue weighted by atomic mass is 19.1. The Labute approximate surface area is 73.0 Å². The van der Waals surface area contributed by atoms with Crippen LogP contribution in [-0.2, 0) is 0 Å². The Bertz CT molecular complexity index is 468. The van der Waals surface area contributed by atoms with Crippen molar-refractivity contribution in [3.63, 3.8) is 0 Å². The molecule has 2 rings (SSSR count). The van der Waals surface area contributed by atoms with Gasteiger partial charge in [0.2, 0.25) is 0 Å². The number of nitrogen functional groups attached to an aromatic ring is 1. The Balaban J connectivity index is 2.97. The molecule has 4 heteroatoms. The third-order valence-corrected chi connectivity index (χ3v) is 1.81. The van der Waals surface area contributed by atoms with Crippen LogP contribution in [0.3, 0.4) is 0 Å². The quantitative estimate of drug-likeness (QED) is 0.630. The van der Waals surface area contributed by atoms with Gasteiger partial charge in [-0.25, -0.2) is 8.78 Å². The predicted octanol–water partition coefficient (Wildman–Crippen LogP) is 2.10. The SMILES string of the molecule is Nc1cc(F)c2cccnc2c1F. The summed E-state index contributed by atoms with van der Waals surface area (Å²) < 4.78 is 26.4. The highest BCUT2D eigenvalue weighted by molar-refractivity contribution is 5.83. The number of fused-ring (bicyclic) bond motifs is 1. The van der Waals surface area contributed by atoms with Crippen molar-refractivity contribution >= 4 is 16.6 Å². The lowest BCUT2D eigenvalue weighted by Crippen LogP contribution is -1.95. The Kier molecular flexibility index (Phi) is 1.62. The van der Waals surface area contributed by atoms with E-state index >= 15 is 0 Å². The molecular weight excluding hydrogens is 174 g/mol. The normalized spacial score (nSPS) is 10.6. The number of aromatic nitrogens is 1. The fraction of sp³-hybridized carbons (Fsp3) is 0. The second-order valence-electron chi connectivity index (χ2n) is 2.66. The van der Waals surface area contributed by atoms with Gasteiger partial charge in [-0.2, -0.15) is 0 Å². The topological polar surface area (TPSA) is 38.9 Å². The molecule has 0 aliphatic rings. The third kappa shape index (κ3) is 1.11. The molecule has 2 aromatic rings. The van der Waals surface area contributed by atoms with Crippen molar-refractivity contribution in [3.8, 4) is 0 Å². The largest absolute Gasteiger partial charge is 0.396 e. The first-order valence-corrected chi connectivity index (χ1v) is 3.68. The van der Waals surface area contributed by atoms with Gasteiger partial charge in [-0.3, -0.25) is 4.98 Å². The average molecular weight is 180 g/mol. The van der Waals surface area contributed by atoms with Crippen LogP contribution in [0.4, 0.5) is 14.5 Å². The summed E-state index contributed by atoms with van der Waals surface area (Å²) in [6.45, 7) is 0. The van der Waals surface area contributed by atoms with E-state index in [1.165, 1.54) is 12.3 Å². The summed E-state index contributed by atoms with van der Waals surface area (Å²) >= 11 is 0. The molecule has 0 bridgehead atoms. The molecule has 0 radical (unpaired) electrons. The van der Waals surface area contributed by atoms with Gasteiger partial charge in [-0.05, 0) is 12.1 Å². The summed E-state index contributed by atoms with van der Waals surface area (Å²) in [6, 6.07) is 3.96. The number of nitrogens with zero attached hydrogens (tertiary/aromatic N) is 1. The minimum absolute atomic E-state index is 0.0278. The molecule has 2 nitrogen and oxygen atoms in total. The van der Waals surface area contributed by atoms with E-state index in [0.29, 0.717) is 0 Å². The smallest absolute Gasteiger partial charge is 0.172 e. The van der Waals surface area contributed by atoms with E-state index in [1.54, 1.807) is 6.07 Å². The number of hydrogen-bond donors (Lipinski definition) is 1. The molecule has 66 valence electrons. The van der Waals surface area contributed by atoms with Crippen molar-refractivity contribution in [1.82, 2.24) is 4.98 Å². The molecule has 0 spiro atoms. The molecular formula is C9H6F2N2. The van der Waals surface area contributed by atoms with Gasteiger partial charge >= 0.3 is 0 Å². The molecule has 0 fully saturated rings. The Hall–Kier alpha value is -1.71. The minimum atomic E-state index is -0.669. The van der Waals surface area contributed by atoms with Gasteiger partial charge in [0.05, 0.1) is 5.69 Å². The van der Waals surface area contributed by atoms with Gasteiger partial charge in [0, 0.05) is 17.6 Å². The van der Waals surface area contributed by atoms with Crippen LogP contribution < -0.4 is 5.73 Å². The zero-order valence-electron chi connectivity index (χ0n) is 6.59. The van der Waals surface area contributed by atoms with Crippen LogP contribution in [0.15, 0.2) is 24.4 Å². The summed E-state index contributed by atoms with van der Waals surface area (Å²) in [5.74, 6) is -1.22. The molecule has 0 saturated carbocycles. The molecule has 0 aliphatic carbocycles. The number of pyridine rings is 1. The van der Waals surface area contributed by atoms with E-state index in [-0.39, 0.29) is 16.6 Å². The molecule has 0 atom stereocenters. The van der Waals surface area contributed by atoms with Crippen LogP contribution in [0.2, 0.25) is 0 Å². The number of halogens is 2. The molecule has 1 aromatic carbocycles. The van der Waals surface area contributed by atoms with Crippen molar-refractivity contribution in [2.24, 2.45) is 0 Å². The Morgan fingerprint density at radius 1 is 1.31 bits per heavy atom. The van der Waals surface area contributed by atoms with Crippen LogP contribution in [0.5, 0.6) is 0 Å². The fourth-order valence-corrected chi connectivity index (χ4v) is 1.19.